The Balaban J connectivity index is 2.56. The third-order valence-electron chi connectivity index (χ3n) is 3.26. The van der Waals surface area contributed by atoms with Crippen LogP contribution in [-0.4, -0.2) is 18.2 Å². The van der Waals surface area contributed by atoms with E-state index in [0.717, 1.165) is 6.07 Å². The van der Waals surface area contributed by atoms with Gasteiger partial charge in [-0.2, -0.15) is 0 Å². The van der Waals surface area contributed by atoms with E-state index in [1.807, 2.05) is 0 Å². The van der Waals surface area contributed by atoms with Gasteiger partial charge in [0.05, 0.1) is 19.4 Å². The normalized spacial score (nSPS) is 12.0. The van der Waals surface area contributed by atoms with Crippen molar-refractivity contribution >= 4 is 5.97 Å². The molecule has 2 aromatic rings. The molecule has 116 valence electrons. The number of hydrogen-bond donors (Lipinski definition) is 1. The molecule has 0 aliphatic carbocycles. The number of carbonyl (C=O) groups is 1. The van der Waals surface area contributed by atoms with Gasteiger partial charge in [-0.15, -0.1) is 0 Å². The number of hydrogen-bond acceptors (Lipinski definition) is 5. The van der Waals surface area contributed by atoms with Gasteiger partial charge in [-0.1, -0.05) is 12.1 Å². The highest BCUT2D eigenvalue weighted by Crippen LogP contribution is 2.33. The predicted octanol–water partition coefficient (Wildman–Crippen LogP) is 2.49. The van der Waals surface area contributed by atoms with Crippen molar-refractivity contribution in [3.05, 3.63) is 63.5 Å². The van der Waals surface area contributed by atoms with Crippen LogP contribution in [-0.2, 0) is 9.53 Å². The summed E-state index contributed by atoms with van der Waals surface area (Å²) in [6.07, 6.45) is -0.151. The third-order valence-corrected chi connectivity index (χ3v) is 3.26. The van der Waals surface area contributed by atoms with Crippen molar-refractivity contribution in [3.63, 3.8) is 0 Å². The molecule has 1 N–H and O–H groups in total. The minimum absolute atomic E-state index is 0.0398. The van der Waals surface area contributed by atoms with Crippen LogP contribution in [0.4, 0.5) is 4.39 Å². The zero-order valence-electron chi connectivity index (χ0n) is 12.1. The summed E-state index contributed by atoms with van der Waals surface area (Å²) in [4.78, 5) is 23.3. The minimum Gasteiger partial charge on any atom is -0.502 e. The van der Waals surface area contributed by atoms with Crippen LogP contribution in [0, 0.1) is 12.7 Å². The van der Waals surface area contributed by atoms with E-state index in [9.17, 15) is 19.1 Å². The molecule has 0 radical (unpaired) electrons. The van der Waals surface area contributed by atoms with Crippen LogP contribution >= 0.6 is 0 Å². The molecule has 2 rings (SSSR count). The highest BCUT2D eigenvalue weighted by atomic mass is 19.1. The van der Waals surface area contributed by atoms with E-state index < -0.39 is 28.9 Å². The first-order chi connectivity index (χ1) is 10.4. The second-order valence-electron chi connectivity index (χ2n) is 4.82. The summed E-state index contributed by atoms with van der Waals surface area (Å²) < 4.78 is 23.1. The zero-order chi connectivity index (χ0) is 16.3. The van der Waals surface area contributed by atoms with Gasteiger partial charge < -0.3 is 14.3 Å². The molecule has 1 heterocycles. The summed E-state index contributed by atoms with van der Waals surface area (Å²) in [7, 11) is 1.23. The molecule has 0 bridgehead atoms. The topological polar surface area (TPSA) is 76.7 Å². The molecule has 1 atom stereocenters. The van der Waals surface area contributed by atoms with Gasteiger partial charge in [-0.3, -0.25) is 9.59 Å². The summed E-state index contributed by atoms with van der Waals surface area (Å²) in [5, 5.41) is 9.96. The number of rotatable bonds is 4. The lowest BCUT2D eigenvalue weighted by Crippen LogP contribution is -2.13. The summed E-state index contributed by atoms with van der Waals surface area (Å²) in [6, 6.07) is 6.53. The Kier molecular flexibility index (Phi) is 4.60. The number of halogens is 1. The highest BCUT2D eigenvalue weighted by molar-refractivity contribution is 5.71. The Bertz CT molecular complexity index is 733. The first kappa shape index (κ1) is 15.8. The van der Waals surface area contributed by atoms with E-state index in [1.165, 1.54) is 31.4 Å². The number of esters is 1. The molecule has 1 aromatic carbocycles. The molecule has 0 saturated carbocycles. The minimum atomic E-state index is -0.749. The van der Waals surface area contributed by atoms with Crippen molar-refractivity contribution in [2.45, 2.75) is 19.3 Å². The lowest BCUT2D eigenvalue weighted by molar-refractivity contribution is -0.140. The van der Waals surface area contributed by atoms with Crippen molar-refractivity contribution in [2.24, 2.45) is 0 Å². The molecular weight excluding hydrogens is 291 g/mol. The second kappa shape index (κ2) is 6.43. The van der Waals surface area contributed by atoms with Crippen LogP contribution in [0.5, 0.6) is 5.75 Å². The average molecular weight is 306 g/mol. The fourth-order valence-electron chi connectivity index (χ4n) is 2.17. The monoisotopic (exact) mass is 306 g/mol. The van der Waals surface area contributed by atoms with Crippen LogP contribution < -0.4 is 5.43 Å². The van der Waals surface area contributed by atoms with Crippen molar-refractivity contribution in [1.29, 1.82) is 0 Å². The van der Waals surface area contributed by atoms with Crippen molar-refractivity contribution in [3.8, 4) is 5.75 Å². The van der Waals surface area contributed by atoms with Crippen LogP contribution in [0.15, 0.2) is 39.5 Å². The molecule has 0 fully saturated rings. The van der Waals surface area contributed by atoms with Gasteiger partial charge in [0.1, 0.15) is 11.6 Å². The number of benzene rings is 1. The van der Waals surface area contributed by atoms with Gasteiger partial charge in [-0.05, 0) is 24.6 Å². The van der Waals surface area contributed by atoms with Gasteiger partial charge in [0.25, 0.3) is 0 Å². The van der Waals surface area contributed by atoms with Gasteiger partial charge in [0, 0.05) is 6.07 Å². The Labute approximate surface area is 126 Å². The maximum Gasteiger partial charge on any atom is 0.306 e. The van der Waals surface area contributed by atoms with E-state index >= 15 is 0 Å². The first-order valence-electron chi connectivity index (χ1n) is 6.58. The van der Waals surface area contributed by atoms with Gasteiger partial charge in [0.2, 0.25) is 11.2 Å². The lowest BCUT2D eigenvalue weighted by atomic mass is 9.92. The molecule has 0 aliphatic heterocycles. The molecule has 0 amide bonds. The Morgan fingerprint density at radius 2 is 2.00 bits per heavy atom. The van der Waals surface area contributed by atoms with Crippen LogP contribution in [0.2, 0.25) is 0 Å². The fraction of sp³-hybridized carbons (Fsp3) is 0.250. The van der Waals surface area contributed by atoms with Crippen molar-refractivity contribution in [1.82, 2.24) is 0 Å². The predicted molar refractivity (Wildman–Crippen MR) is 76.3 cm³/mol. The Hall–Kier alpha value is -2.63. The molecule has 1 unspecified atom stereocenters. The van der Waals surface area contributed by atoms with E-state index in [-0.39, 0.29) is 12.2 Å². The van der Waals surface area contributed by atoms with Gasteiger partial charge in [0.15, 0.2) is 5.76 Å². The standard InChI is InChI=1S/C16H15FO5/c1-9-7-13(18)15(20)16(22-9)12(8-14(19)21-2)10-3-5-11(17)6-4-10/h3-7,12,20H,8H2,1-2H3. The van der Waals surface area contributed by atoms with Crippen molar-refractivity contribution < 1.29 is 23.4 Å². The summed E-state index contributed by atoms with van der Waals surface area (Å²) >= 11 is 0. The number of carbonyl (C=O) groups excluding carboxylic acids is 1. The Morgan fingerprint density at radius 3 is 2.59 bits per heavy atom. The van der Waals surface area contributed by atoms with Crippen molar-refractivity contribution in [2.75, 3.05) is 7.11 Å². The molecule has 6 heteroatoms. The molecular formula is C16H15FO5. The maximum absolute atomic E-state index is 13.1. The summed E-state index contributed by atoms with van der Waals surface area (Å²) in [6.45, 7) is 1.56. The van der Waals surface area contributed by atoms with E-state index in [2.05, 4.69) is 4.74 Å². The van der Waals surface area contributed by atoms with E-state index in [4.69, 9.17) is 4.42 Å². The fourth-order valence-corrected chi connectivity index (χ4v) is 2.17. The van der Waals surface area contributed by atoms with E-state index in [0.29, 0.717) is 11.3 Å². The number of ether oxygens (including phenoxy) is 1. The largest absolute Gasteiger partial charge is 0.502 e. The molecule has 0 saturated heterocycles. The SMILES string of the molecule is COC(=O)CC(c1ccc(F)cc1)c1oc(C)cc(=O)c1O. The van der Waals surface area contributed by atoms with Gasteiger partial charge in [-0.25, -0.2) is 4.39 Å². The lowest BCUT2D eigenvalue weighted by Gasteiger charge is -2.16. The quantitative estimate of drug-likeness (QED) is 0.878. The van der Waals surface area contributed by atoms with Crippen LogP contribution in [0.25, 0.3) is 0 Å². The van der Waals surface area contributed by atoms with Gasteiger partial charge >= 0.3 is 5.97 Å². The molecule has 5 nitrogen and oxygen atoms in total. The van der Waals surface area contributed by atoms with E-state index in [1.54, 1.807) is 6.92 Å². The summed E-state index contributed by atoms with van der Waals surface area (Å²) in [5.74, 6) is -2.03. The second-order valence-corrected chi connectivity index (χ2v) is 4.82. The maximum atomic E-state index is 13.1. The summed E-state index contributed by atoms with van der Waals surface area (Å²) in [5.41, 5.74) is -0.0772. The molecule has 0 aliphatic rings. The smallest absolute Gasteiger partial charge is 0.306 e. The number of aromatic hydroxyl groups is 1. The molecule has 0 spiro atoms. The number of methoxy groups -OCH3 is 1. The Morgan fingerprint density at radius 1 is 1.36 bits per heavy atom. The zero-order valence-corrected chi connectivity index (χ0v) is 12.1. The first-order valence-corrected chi connectivity index (χ1v) is 6.58. The highest BCUT2D eigenvalue weighted by Gasteiger charge is 2.26. The third kappa shape index (κ3) is 3.33. The van der Waals surface area contributed by atoms with Crippen LogP contribution in [0.1, 0.15) is 29.4 Å². The molecule has 1 aromatic heterocycles. The molecule has 22 heavy (non-hydrogen) atoms. The average Bonchev–Trinajstić information content (AvgIpc) is 2.49. The van der Waals surface area contributed by atoms with Crippen LogP contribution in [0.3, 0.4) is 0 Å². The number of aryl methyl sites for hydroxylation is 1.